The minimum atomic E-state index is -4.56. The van der Waals surface area contributed by atoms with Gasteiger partial charge in [0.15, 0.2) is 0 Å². The minimum absolute atomic E-state index is 0.00585. The quantitative estimate of drug-likeness (QED) is 0.347. The van der Waals surface area contributed by atoms with E-state index in [2.05, 4.69) is 5.32 Å². The number of benzene rings is 2. The zero-order chi connectivity index (χ0) is 20.2. The Bertz CT molecular complexity index is 981. The van der Waals surface area contributed by atoms with Crippen LogP contribution >= 0.6 is 11.6 Å². The van der Waals surface area contributed by atoms with Gasteiger partial charge in [-0.25, -0.2) is 0 Å². The number of nitro benzene ring substituents is 1. The summed E-state index contributed by atoms with van der Waals surface area (Å²) < 4.78 is 38.2. The van der Waals surface area contributed by atoms with Gasteiger partial charge in [-0.3, -0.25) is 14.9 Å². The first-order valence-electron chi connectivity index (χ1n) is 7.16. The summed E-state index contributed by atoms with van der Waals surface area (Å²) in [6, 6.07) is 9.00. The highest BCUT2D eigenvalue weighted by Crippen LogP contribution is 2.30. The van der Waals surface area contributed by atoms with Crippen LogP contribution in [0.4, 0.5) is 24.5 Å². The van der Waals surface area contributed by atoms with Crippen LogP contribution in [0.2, 0.25) is 5.02 Å². The summed E-state index contributed by atoms with van der Waals surface area (Å²) in [5.41, 5.74) is -1.67. The maximum absolute atomic E-state index is 12.7. The van der Waals surface area contributed by atoms with E-state index in [-0.39, 0.29) is 22.0 Å². The summed E-state index contributed by atoms with van der Waals surface area (Å²) in [5, 5.41) is 22.0. The average molecular weight is 396 g/mol. The molecule has 0 radical (unpaired) electrons. The molecule has 0 atom stereocenters. The van der Waals surface area contributed by atoms with Crippen molar-refractivity contribution < 1.29 is 22.9 Å². The van der Waals surface area contributed by atoms with E-state index in [4.69, 9.17) is 16.9 Å². The predicted octanol–water partition coefficient (Wildman–Crippen LogP) is 4.81. The highest BCUT2D eigenvalue weighted by molar-refractivity contribution is 6.34. The summed E-state index contributed by atoms with van der Waals surface area (Å²) in [5.74, 6) is -0.925. The first kappa shape index (κ1) is 19.9. The number of nitrogens with one attached hydrogen (secondary N) is 1. The van der Waals surface area contributed by atoms with E-state index in [9.17, 15) is 28.1 Å². The molecular formula is C17H9ClF3N3O3. The molecule has 0 aromatic heterocycles. The minimum Gasteiger partial charge on any atom is -0.320 e. The van der Waals surface area contributed by atoms with Crippen LogP contribution in [0.1, 0.15) is 11.1 Å². The lowest BCUT2D eigenvalue weighted by Crippen LogP contribution is -2.14. The zero-order valence-electron chi connectivity index (χ0n) is 13.2. The molecule has 2 aromatic carbocycles. The van der Waals surface area contributed by atoms with E-state index in [1.807, 2.05) is 0 Å². The number of amides is 1. The molecule has 0 aliphatic heterocycles. The number of carbonyl (C=O) groups is 1. The number of alkyl halides is 3. The molecule has 1 amide bonds. The van der Waals surface area contributed by atoms with Crippen LogP contribution in [-0.2, 0) is 11.0 Å². The molecule has 0 bridgehead atoms. The molecule has 0 saturated heterocycles. The second-order valence-corrected chi connectivity index (χ2v) is 5.58. The summed E-state index contributed by atoms with van der Waals surface area (Å²) in [6.07, 6.45) is -3.57. The smallest absolute Gasteiger partial charge is 0.320 e. The Labute approximate surface area is 155 Å². The molecule has 27 heavy (non-hydrogen) atoms. The molecule has 138 valence electrons. The summed E-state index contributed by atoms with van der Waals surface area (Å²) >= 11 is 5.85. The topological polar surface area (TPSA) is 96.0 Å². The van der Waals surface area contributed by atoms with E-state index >= 15 is 0 Å². The van der Waals surface area contributed by atoms with Crippen LogP contribution < -0.4 is 5.32 Å². The first-order chi connectivity index (χ1) is 12.6. The normalized spacial score (nSPS) is 11.6. The van der Waals surface area contributed by atoms with Gasteiger partial charge in [-0.1, -0.05) is 23.7 Å². The van der Waals surface area contributed by atoms with E-state index in [1.54, 1.807) is 6.07 Å². The van der Waals surface area contributed by atoms with Crippen molar-refractivity contribution in [1.82, 2.24) is 0 Å². The molecular weight excluding hydrogens is 387 g/mol. The van der Waals surface area contributed by atoms with Crippen LogP contribution in [0.5, 0.6) is 0 Å². The van der Waals surface area contributed by atoms with Crippen molar-refractivity contribution in [2.45, 2.75) is 6.18 Å². The number of hydrogen-bond acceptors (Lipinski definition) is 4. The molecule has 2 aromatic rings. The number of nitro groups is 1. The molecule has 0 aliphatic rings. The molecule has 10 heteroatoms. The second kappa shape index (κ2) is 7.88. The number of carbonyl (C=O) groups excluding carboxylic acids is 1. The molecule has 0 fully saturated rings. The van der Waals surface area contributed by atoms with Crippen LogP contribution in [0.15, 0.2) is 48.0 Å². The number of halogens is 4. The number of hydrogen-bond donors (Lipinski definition) is 1. The lowest BCUT2D eigenvalue weighted by molar-refractivity contribution is -0.384. The van der Waals surface area contributed by atoms with E-state index in [0.717, 1.165) is 36.4 Å². The predicted molar refractivity (Wildman–Crippen MR) is 91.8 cm³/mol. The van der Waals surface area contributed by atoms with Gasteiger partial charge < -0.3 is 5.32 Å². The van der Waals surface area contributed by atoms with Crippen molar-refractivity contribution in [3.05, 3.63) is 74.3 Å². The molecule has 2 rings (SSSR count). The molecule has 0 spiro atoms. The highest BCUT2D eigenvalue weighted by atomic mass is 35.5. The van der Waals surface area contributed by atoms with Gasteiger partial charge in [-0.05, 0) is 29.8 Å². The van der Waals surface area contributed by atoms with Crippen LogP contribution in [0.25, 0.3) is 6.08 Å². The van der Waals surface area contributed by atoms with Gasteiger partial charge in [0.2, 0.25) is 0 Å². The number of rotatable bonds is 4. The summed E-state index contributed by atoms with van der Waals surface area (Å²) in [4.78, 5) is 22.2. The number of nitriles is 1. The van der Waals surface area contributed by atoms with Gasteiger partial charge >= 0.3 is 6.18 Å². The van der Waals surface area contributed by atoms with Crippen molar-refractivity contribution in [3.63, 3.8) is 0 Å². The lowest BCUT2D eigenvalue weighted by Gasteiger charge is -2.08. The maximum atomic E-state index is 12.7. The fourth-order valence-corrected chi connectivity index (χ4v) is 2.25. The van der Waals surface area contributed by atoms with E-state index in [1.165, 1.54) is 12.1 Å². The molecule has 0 aliphatic carbocycles. The van der Waals surface area contributed by atoms with Gasteiger partial charge in [-0.2, -0.15) is 18.4 Å². The van der Waals surface area contributed by atoms with Crippen LogP contribution in [0.3, 0.4) is 0 Å². The van der Waals surface area contributed by atoms with Gasteiger partial charge in [0.05, 0.1) is 21.2 Å². The van der Waals surface area contributed by atoms with Crippen molar-refractivity contribution in [2.24, 2.45) is 0 Å². The fraction of sp³-hybridized carbons (Fsp3) is 0.0588. The van der Waals surface area contributed by atoms with Crippen molar-refractivity contribution in [2.75, 3.05) is 5.32 Å². The summed E-state index contributed by atoms with van der Waals surface area (Å²) in [6.45, 7) is 0. The van der Waals surface area contributed by atoms with Crippen LogP contribution in [0, 0.1) is 21.4 Å². The molecule has 6 nitrogen and oxygen atoms in total. The Morgan fingerprint density at radius 3 is 2.52 bits per heavy atom. The number of anilines is 1. The van der Waals surface area contributed by atoms with E-state index in [0.29, 0.717) is 0 Å². The monoisotopic (exact) mass is 395 g/mol. The third-order valence-corrected chi connectivity index (χ3v) is 3.61. The second-order valence-electron chi connectivity index (χ2n) is 5.17. The Balaban J connectivity index is 2.28. The Hall–Kier alpha value is -3.38. The number of nitrogens with zero attached hydrogens (tertiary/aromatic N) is 2. The van der Waals surface area contributed by atoms with Crippen LogP contribution in [-0.4, -0.2) is 10.8 Å². The fourth-order valence-electron chi connectivity index (χ4n) is 2.03. The third kappa shape index (κ3) is 5.05. The lowest BCUT2D eigenvalue weighted by atomic mass is 10.1. The molecule has 0 saturated carbocycles. The first-order valence-corrected chi connectivity index (χ1v) is 7.54. The van der Waals surface area contributed by atoms with Crippen molar-refractivity contribution in [3.8, 4) is 6.07 Å². The Kier molecular flexibility index (Phi) is 5.82. The SMILES string of the molecule is N#C/C(=C\c1cccc(C(F)(F)F)c1)C(=O)Nc1ccc([N+](=O)[O-])cc1Cl. The summed E-state index contributed by atoms with van der Waals surface area (Å²) in [7, 11) is 0. The van der Waals surface area contributed by atoms with Crippen molar-refractivity contribution >= 4 is 35.0 Å². The van der Waals surface area contributed by atoms with Crippen molar-refractivity contribution in [1.29, 1.82) is 5.26 Å². The zero-order valence-corrected chi connectivity index (χ0v) is 14.0. The molecule has 0 heterocycles. The van der Waals surface area contributed by atoms with Gasteiger partial charge in [0.25, 0.3) is 11.6 Å². The van der Waals surface area contributed by atoms with E-state index < -0.39 is 28.1 Å². The van der Waals surface area contributed by atoms with Gasteiger partial charge in [0.1, 0.15) is 11.6 Å². The van der Waals surface area contributed by atoms with Gasteiger partial charge in [0, 0.05) is 12.1 Å². The number of non-ortho nitro benzene ring substituents is 1. The Morgan fingerprint density at radius 1 is 1.26 bits per heavy atom. The average Bonchev–Trinajstić information content (AvgIpc) is 2.60. The van der Waals surface area contributed by atoms with Gasteiger partial charge in [-0.15, -0.1) is 0 Å². The largest absolute Gasteiger partial charge is 0.416 e. The molecule has 1 N–H and O–H groups in total. The molecule has 0 unspecified atom stereocenters. The third-order valence-electron chi connectivity index (χ3n) is 3.30. The maximum Gasteiger partial charge on any atom is 0.416 e. The standard InChI is InChI=1S/C17H9ClF3N3O3/c18-14-8-13(24(26)27)4-5-15(14)23-16(25)11(9-22)6-10-2-1-3-12(7-10)17(19,20)21/h1-8H,(H,23,25)/b11-6+. The highest BCUT2D eigenvalue weighted by Gasteiger charge is 2.30. The Morgan fingerprint density at radius 2 is 1.96 bits per heavy atom.